The lowest BCUT2D eigenvalue weighted by Gasteiger charge is -2.06. The summed E-state index contributed by atoms with van der Waals surface area (Å²) in [5.74, 6) is -0.360. The van der Waals surface area contributed by atoms with Crippen LogP contribution < -0.4 is 4.74 Å². The summed E-state index contributed by atoms with van der Waals surface area (Å²) in [6.07, 6.45) is 1.33. The first-order chi connectivity index (χ1) is 10.2. The van der Waals surface area contributed by atoms with Crippen LogP contribution in [0.3, 0.4) is 0 Å². The summed E-state index contributed by atoms with van der Waals surface area (Å²) in [6.45, 7) is 0.171. The van der Waals surface area contributed by atoms with E-state index in [0.29, 0.717) is 11.1 Å². The predicted molar refractivity (Wildman–Crippen MR) is 75.0 cm³/mol. The summed E-state index contributed by atoms with van der Waals surface area (Å²) >= 11 is 0. The Morgan fingerprint density at radius 1 is 1.19 bits per heavy atom. The van der Waals surface area contributed by atoms with Crippen LogP contribution in [-0.2, 0) is 9.53 Å². The van der Waals surface area contributed by atoms with Gasteiger partial charge in [-0.1, -0.05) is 12.1 Å². The highest BCUT2D eigenvalue weighted by molar-refractivity contribution is 6.27. The van der Waals surface area contributed by atoms with Gasteiger partial charge in [-0.2, -0.15) is 4.39 Å². The molecule has 0 unspecified atom stereocenters. The molecule has 1 aromatic heterocycles. The fourth-order valence-electron chi connectivity index (χ4n) is 2.28. The number of rotatable bonds is 3. The molecule has 0 atom stereocenters. The third-order valence-electron chi connectivity index (χ3n) is 3.31. The van der Waals surface area contributed by atoms with Gasteiger partial charge < -0.3 is 9.47 Å². The number of carbonyl (C=O) groups is 1. The largest absolute Gasteiger partial charge is 0.497 e. The van der Waals surface area contributed by atoms with E-state index in [2.05, 4.69) is 4.98 Å². The smallest absolute Gasteiger partial charge is 0.339 e. The van der Waals surface area contributed by atoms with E-state index in [1.54, 1.807) is 25.3 Å². The zero-order valence-corrected chi connectivity index (χ0v) is 11.3. The lowest BCUT2D eigenvalue weighted by Crippen LogP contribution is -1.99. The lowest BCUT2D eigenvalue weighted by atomic mass is 9.97. The molecule has 0 radical (unpaired) electrons. The minimum absolute atomic E-state index is 0.171. The van der Waals surface area contributed by atoms with Crippen molar-refractivity contribution in [1.82, 2.24) is 4.98 Å². The molecule has 3 rings (SSSR count). The lowest BCUT2D eigenvalue weighted by molar-refractivity contribution is -0.133. The second kappa shape index (κ2) is 5.36. The van der Waals surface area contributed by atoms with Crippen LogP contribution >= 0.6 is 0 Å². The van der Waals surface area contributed by atoms with Gasteiger partial charge in [0.05, 0.1) is 12.7 Å². The van der Waals surface area contributed by atoms with Crippen molar-refractivity contribution < 1.29 is 18.7 Å². The van der Waals surface area contributed by atoms with Crippen molar-refractivity contribution in [3.8, 4) is 5.75 Å². The highest BCUT2D eigenvalue weighted by atomic mass is 19.1. The first-order valence-electron chi connectivity index (χ1n) is 6.35. The van der Waals surface area contributed by atoms with Gasteiger partial charge in [-0.3, -0.25) is 0 Å². The molecule has 1 aromatic carbocycles. The Labute approximate surface area is 120 Å². The van der Waals surface area contributed by atoms with Gasteiger partial charge in [-0.05, 0) is 29.3 Å². The SMILES string of the molecule is COc1ccc(C2=C(c3ccnc(F)c3)C(=O)OC2)cc1. The second-order valence-electron chi connectivity index (χ2n) is 4.53. The quantitative estimate of drug-likeness (QED) is 0.642. The first kappa shape index (κ1) is 13.3. The van der Waals surface area contributed by atoms with Crippen LogP contribution in [0.1, 0.15) is 11.1 Å². The summed E-state index contributed by atoms with van der Waals surface area (Å²) in [7, 11) is 1.58. The van der Waals surface area contributed by atoms with E-state index >= 15 is 0 Å². The molecule has 0 saturated carbocycles. The zero-order chi connectivity index (χ0) is 14.8. The number of hydrogen-bond donors (Lipinski definition) is 0. The highest BCUT2D eigenvalue weighted by Gasteiger charge is 2.27. The third kappa shape index (κ3) is 2.50. The number of benzene rings is 1. The van der Waals surface area contributed by atoms with Crippen molar-refractivity contribution in [1.29, 1.82) is 0 Å². The molecule has 1 aliphatic heterocycles. The molecule has 0 saturated heterocycles. The molecule has 21 heavy (non-hydrogen) atoms. The zero-order valence-electron chi connectivity index (χ0n) is 11.3. The number of aromatic nitrogens is 1. The Kier molecular flexibility index (Phi) is 3.39. The Morgan fingerprint density at radius 3 is 2.62 bits per heavy atom. The molecule has 2 heterocycles. The molecule has 0 bridgehead atoms. The van der Waals surface area contributed by atoms with Crippen LogP contribution in [0.2, 0.25) is 0 Å². The number of carbonyl (C=O) groups excluding carboxylic acids is 1. The molecule has 0 amide bonds. The number of cyclic esters (lactones) is 1. The van der Waals surface area contributed by atoms with E-state index in [0.717, 1.165) is 16.9 Å². The van der Waals surface area contributed by atoms with Crippen LogP contribution in [0, 0.1) is 5.95 Å². The third-order valence-corrected chi connectivity index (χ3v) is 3.31. The second-order valence-corrected chi connectivity index (χ2v) is 4.53. The number of ether oxygens (including phenoxy) is 2. The van der Waals surface area contributed by atoms with E-state index in [4.69, 9.17) is 9.47 Å². The van der Waals surface area contributed by atoms with Crippen LogP contribution in [-0.4, -0.2) is 24.7 Å². The fraction of sp³-hybridized carbons (Fsp3) is 0.125. The molecule has 0 spiro atoms. The number of methoxy groups -OCH3 is 1. The molecule has 0 N–H and O–H groups in total. The van der Waals surface area contributed by atoms with Crippen molar-refractivity contribution in [3.63, 3.8) is 0 Å². The van der Waals surface area contributed by atoms with E-state index in [-0.39, 0.29) is 6.61 Å². The average Bonchev–Trinajstić information content (AvgIpc) is 2.89. The maximum Gasteiger partial charge on any atom is 0.339 e. The summed E-state index contributed by atoms with van der Waals surface area (Å²) in [5, 5.41) is 0. The number of hydrogen-bond acceptors (Lipinski definition) is 4. The molecule has 0 aliphatic carbocycles. The van der Waals surface area contributed by atoms with Gasteiger partial charge >= 0.3 is 5.97 Å². The Balaban J connectivity index is 2.10. The van der Waals surface area contributed by atoms with Gasteiger partial charge in [-0.15, -0.1) is 0 Å². The van der Waals surface area contributed by atoms with Gasteiger partial charge in [0.2, 0.25) is 5.95 Å². The van der Waals surface area contributed by atoms with Crippen LogP contribution in [0.15, 0.2) is 42.6 Å². The van der Waals surface area contributed by atoms with Gasteiger partial charge in [0.15, 0.2) is 0 Å². The van der Waals surface area contributed by atoms with E-state index < -0.39 is 11.9 Å². The molecular weight excluding hydrogens is 273 g/mol. The molecular formula is C16H12FNO3. The van der Waals surface area contributed by atoms with Crippen molar-refractivity contribution in [2.45, 2.75) is 0 Å². The molecule has 5 heteroatoms. The Morgan fingerprint density at radius 2 is 1.95 bits per heavy atom. The Hall–Kier alpha value is -2.69. The fourth-order valence-corrected chi connectivity index (χ4v) is 2.28. The number of halogens is 1. The van der Waals surface area contributed by atoms with Crippen LogP contribution in [0.5, 0.6) is 5.75 Å². The Bertz CT molecular complexity index is 723. The van der Waals surface area contributed by atoms with Crippen molar-refractivity contribution in [2.75, 3.05) is 13.7 Å². The number of nitrogens with zero attached hydrogens (tertiary/aromatic N) is 1. The number of pyridine rings is 1. The molecule has 0 fully saturated rings. The van der Waals surface area contributed by atoms with E-state index in [1.165, 1.54) is 12.3 Å². The minimum Gasteiger partial charge on any atom is -0.497 e. The van der Waals surface area contributed by atoms with E-state index in [9.17, 15) is 9.18 Å². The topological polar surface area (TPSA) is 48.4 Å². The van der Waals surface area contributed by atoms with Gasteiger partial charge in [0.25, 0.3) is 0 Å². The predicted octanol–water partition coefficient (Wildman–Crippen LogP) is 2.70. The summed E-state index contributed by atoms with van der Waals surface area (Å²) in [4.78, 5) is 15.4. The van der Waals surface area contributed by atoms with Crippen molar-refractivity contribution in [2.24, 2.45) is 0 Å². The number of esters is 1. The molecule has 1 aliphatic rings. The van der Waals surface area contributed by atoms with E-state index in [1.807, 2.05) is 12.1 Å². The summed E-state index contributed by atoms with van der Waals surface area (Å²) < 4.78 is 23.5. The molecule has 4 nitrogen and oxygen atoms in total. The van der Waals surface area contributed by atoms with Crippen molar-refractivity contribution >= 4 is 17.1 Å². The normalized spacial score (nSPS) is 14.3. The van der Waals surface area contributed by atoms with Gasteiger partial charge in [-0.25, -0.2) is 9.78 Å². The highest BCUT2D eigenvalue weighted by Crippen LogP contribution is 2.33. The standard InChI is InChI=1S/C16H12FNO3/c1-20-12-4-2-10(3-5-12)13-9-21-16(19)15(13)11-6-7-18-14(17)8-11/h2-8H,9H2,1H3. The summed E-state index contributed by atoms with van der Waals surface area (Å²) in [6, 6.07) is 10.1. The maximum absolute atomic E-state index is 13.3. The van der Waals surface area contributed by atoms with Crippen LogP contribution in [0.4, 0.5) is 4.39 Å². The van der Waals surface area contributed by atoms with Gasteiger partial charge in [0.1, 0.15) is 12.4 Å². The van der Waals surface area contributed by atoms with Crippen LogP contribution in [0.25, 0.3) is 11.1 Å². The minimum atomic E-state index is -0.631. The average molecular weight is 285 g/mol. The summed E-state index contributed by atoms with van der Waals surface area (Å²) in [5.41, 5.74) is 2.42. The first-order valence-corrected chi connectivity index (χ1v) is 6.35. The monoisotopic (exact) mass is 285 g/mol. The van der Waals surface area contributed by atoms with Gasteiger partial charge in [0, 0.05) is 17.8 Å². The molecule has 2 aromatic rings. The van der Waals surface area contributed by atoms with Crippen molar-refractivity contribution in [3.05, 3.63) is 59.7 Å². The molecule has 106 valence electrons. The maximum atomic E-state index is 13.3.